The zero-order valence-corrected chi connectivity index (χ0v) is 15.9. The van der Waals surface area contributed by atoms with E-state index in [1.54, 1.807) is 36.5 Å². The van der Waals surface area contributed by atoms with Gasteiger partial charge >= 0.3 is 6.03 Å². The normalized spacial score (nSPS) is 18.4. The summed E-state index contributed by atoms with van der Waals surface area (Å²) in [5, 5.41) is 5.21. The molecule has 9 nitrogen and oxygen atoms in total. The van der Waals surface area contributed by atoms with E-state index >= 15 is 0 Å². The SMILES string of the molecule is O=C1CCC(N2C(=O)c3cccc(CNC(=O)Nc4ccccn4)c3C2=O)C(=O)C1. The summed E-state index contributed by atoms with van der Waals surface area (Å²) in [6.07, 6.45) is 1.58. The number of Topliss-reactive ketones (excluding diaryl/α,β-unsaturated/α-hetero) is 2. The van der Waals surface area contributed by atoms with Gasteiger partial charge in [-0.05, 0) is 30.2 Å². The van der Waals surface area contributed by atoms with Gasteiger partial charge in [0.1, 0.15) is 11.6 Å². The van der Waals surface area contributed by atoms with E-state index in [9.17, 15) is 24.0 Å². The Labute approximate surface area is 171 Å². The fourth-order valence-electron chi connectivity index (χ4n) is 3.71. The summed E-state index contributed by atoms with van der Waals surface area (Å²) in [6.45, 7) is 0.00575. The van der Waals surface area contributed by atoms with Crippen LogP contribution in [0.2, 0.25) is 0 Å². The van der Waals surface area contributed by atoms with Crippen molar-refractivity contribution in [2.24, 2.45) is 0 Å². The van der Waals surface area contributed by atoms with E-state index < -0.39 is 29.7 Å². The van der Waals surface area contributed by atoms with Gasteiger partial charge in [0.25, 0.3) is 11.8 Å². The van der Waals surface area contributed by atoms with E-state index in [1.807, 2.05) is 0 Å². The molecule has 1 aliphatic heterocycles. The van der Waals surface area contributed by atoms with Crippen molar-refractivity contribution in [1.82, 2.24) is 15.2 Å². The number of benzene rings is 1. The number of fused-ring (bicyclic) bond motifs is 1. The molecular formula is C21H18N4O5. The molecule has 9 heteroatoms. The molecule has 1 saturated carbocycles. The van der Waals surface area contributed by atoms with Crippen molar-refractivity contribution < 1.29 is 24.0 Å². The molecular weight excluding hydrogens is 388 g/mol. The number of nitrogens with zero attached hydrogens (tertiary/aromatic N) is 2. The molecule has 0 bridgehead atoms. The number of carbonyl (C=O) groups excluding carboxylic acids is 5. The van der Waals surface area contributed by atoms with Gasteiger partial charge in [0.05, 0.1) is 23.6 Å². The first-order valence-corrected chi connectivity index (χ1v) is 9.46. The van der Waals surface area contributed by atoms with E-state index in [1.165, 1.54) is 6.07 Å². The summed E-state index contributed by atoms with van der Waals surface area (Å²) >= 11 is 0. The molecule has 152 valence electrons. The highest BCUT2D eigenvalue weighted by Crippen LogP contribution is 2.31. The average molecular weight is 406 g/mol. The molecule has 0 saturated heterocycles. The molecule has 30 heavy (non-hydrogen) atoms. The third-order valence-electron chi connectivity index (χ3n) is 5.13. The van der Waals surface area contributed by atoms with E-state index in [0.29, 0.717) is 11.4 Å². The second kappa shape index (κ2) is 7.86. The maximum Gasteiger partial charge on any atom is 0.320 e. The summed E-state index contributed by atoms with van der Waals surface area (Å²) in [4.78, 5) is 66.7. The molecule has 2 heterocycles. The number of anilines is 1. The Morgan fingerprint density at radius 1 is 1.07 bits per heavy atom. The Bertz CT molecular complexity index is 1070. The highest BCUT2D eigenvalue weighted by Gasteiger charge is 2.45. The number of imide groups is 1. The predicted octanol–water partition coefficient (Wildman–Crippen LogP) is 1.69. The van der Waals surface area contributed by atoms with Gasteiger partial charge in [-0.2, -0.15) is 0 Å². The largest absolute Gasteiger partial charge is 0.334 e. The third-order valence-corrected chi connectivity index (χ3v) is 5.13. The Balaban J connectivity index is 1.51. The van der Waals surface area contributed by atoms with Crippen LogP contribution in [-0.2, 0) is 16.1 Å². The molecule has 1 atom stereocenters. The standard InChI is InChI=1S/C21H18N4O5/c26-13-7-8-15(16(27)10-13)25-19(28)14-5-3-4-12(18(14)20(25)29)11-23-21(30)24-17-6-1-2-9-22-17/h1-6,9,15H,7-8,10-11H2,(H2,22,23,24,30). The minimum absolute atomic E-state index is 0.00575. The molecule has 1 unspecified atom stereocenters. The van der Waals surface area contributed by atoms with Crippen LogP contribution in [0, 0.1) is 0 Å². The van der Waals surface area contributed by atoms with Gasteiger partial charge in [-0.25, -0.2) is 9.78 Å². The fraction of sp³-hybridized carbons (Fsp3) is 0.238. The van der Waals surface area contributed by atoms with E-state index in [4.69, 9.17) is 0 Å². The van der Waals surface area contributed by atoms with E-state index in [2.05, 4.69) is 15.6 Å². The lowest BCUT2D eigenvalue weighted by Gasteiger charge is -2.27. The summed E-state index contributed by atoms with van der Waals surface area (Å²) in [6, 6.07) is 8.42. The number of aromatic nitrogens is 1. The number of urea groups is 1. The molecule has 2 N–H and O–H groups in total. The molecule has 2 aliphatic rings. The number of pyridine rings is 1. The lowest BCUT2D eigenvalue weighted by atomic mass is 9.92. The molecule has 4 rings (SSSR count). The molecule has 1 aromatic heterocycles. The summed E-state index contributed by atoms with van der Waals surface area (Å²) in [5.74, 6) is -1.37. The van der Waals surface area contributed by atoms with Gasteiger partial charge in [0, 0.05) is 19.2 Å². The van der Waals surface area contributed by atoms with Crippen LogP contribution < -0.4 is 10.6 Å². The lowest BCUT2D eigenvalue weighted by molar-refractivity contribution is -0.132. The van der Waals surface area contributed by atoms with Gasteiger partial charge < -0.3 is 5.32 Å². The van der Waals surface area contributed by atoms with Crippen LogP contribution >= 0.6 is 0 Å². The molecule has 2 aromatic rings. The van der Waals surface area contributed by atoms with E-state index in [-0.39, 0.29) is 42.7 Å². The van der Waals surface area contributed by atoms with Crippen molar-refractivity contribution in [2.45, 2.75) is 31.8 Å². The monoisotopic (exact) mass is 406 g/mol. The summed E-state index contributed by atoms with van der Waals surface area (Å²) < 4.78 is 0. The van der Waals surface area contributed by atoms with Crippen molar-refractivity contribution in [3.8, 4) is 0 Å². The number of nitrogens with one attached hydrogen (secondary N) is 2. The number of carbonyl (C=O) groups is 5. The Morgan fingerprint density at radius 3 is 2.63 bits per heavy atom. The highest BCUT2D eigenvalue weighted by molar-refractivity contribution is 6.24. The van der Waals surface area contributed by atoms with Gasteiger partial charge in [-0.1, -0.05) is 18.2 Å². The third kappa shape index (κ3) is 3.57. The number of hydrogen-bond acceptors (Lipinski definition) is 6. The molecule has 0 spiro atoms. The maximum absolute atomic E-state index is 13.0. The van der Waals surface area contributed by atoms with Gasteiger partial charge in [-0.3, -0.25) is 29.4 Å². The molecule has 4 amide bonds. The number of ketones is 2. The first-order chi connectivity index (χ1) is 14.5. The van der Waals surface area contributed by atoms with Crippen LogP contribution in [0.1, 0.15) is 45.5 Å². The van der Waals surface area contributed by atoms with Crippen LogP contribution in [0.25, 0.3) is 0 Å². The second-order valence-corrected chi connectivity index (χ2v) is 7.08. The molecule has 1 aliphatic carbocycles. The fourth-order valence-corrected chi connectivity index (χ4v) is 3.71. The van der Waals surface area contributed by atoms with Gasteiger partial charge in [0.15, 0.2) is 5.78 Å². The molecule has 0 radical (unpaired) electrons. The van der Waals surface area contributed by atoms with Crippen molar-refractivity contribution in [3.63, 3.8) is 0 Å². The van der Waals surface area contributed by atoms with Crippen LogP contribution in [0.4, 0.5) is 10.6 Å². The van der Waals surface area contributed by atoms with Crippen LogP contribution in [0.3, 0.4) is 0 Å². The second-order valence-electron chi connectivity index (χ2n) is 7.08. The average Bonchev–Trinajstić information content (AvgIpc) is 2.98. The topological polar surface area (TPSA) is 126 Å². The number of hydrogen-bond donors (Lipinski definition) is 2. The highest BCUT2D eigenvalue weighted by atomic mass is 16.2. The Kier molecular flexibility index (Phi) is 5.09. The van der Waals surface area contributed by atoms with Crippen LogP contribution in [0.5, 0.6) is 0 Å². The van der Waals surface area contributed by atoms with E-state index in [0.717, 1.165) is 4.90 Å². The minimum Gasteiger partial charge on any atom is -0.334 e. The predicted molar refractivity (Wildman–Crippen MR) is 105 cm³/mol. The van der Waals surface area contributed by atoms with Crippen LogP contribution in [0.15, 0.2) is 42.6 Å². The quantitative estimate of drug-likeness (QED) is 0.588. The number of amides is 4. The smallest absolute Gasteiger partial charge is 0.320 e. The Morgan fingerprint density at radius 2 is 1.90 bits per heavy atom. The number of rotatable bonds is 4. The minimum atomic E-state index is -0.927. The van der Waals surface area contributed by atoms with Crippen molar-refractivity contribution in [2.75, 3.05) is 5.32 Å². The summed E-state index contributed by atoms with van der Waals surface area (Å²) in [5.41, 5.74) is 0.823. The van der Waals surface area contributed by atoms with Crippen molar-refractivity contribution in [3.05, 3.63) is 59.3 Å². The Hall–Kier alpha value is -3.88. The lowest BCUT2D eigenvalue weighted by Crippen LogP contribution is -2.47. The van der Waals surface area contributed by atoms with Crippen LogP contribution in [-0.4, -0.2) is 45.3 Å². The van der Waals surface area contributed by atoms with Gasteiger partial charge in [0.2, 0.25) is 0 Å². The maximum atomic E-state index is 13.0. The van der Waals surface area contributed by atoms with Gasteiger partial charge in [-0.15, -0.1) is 0 Å². The first-order valence-electron chi connectivity index (χ1n) is 9.46. The zero-order chi connectivity index (χ0) is 21.3. The first kappa shape index (κ1) is 19.4. The molecule has 1 fully saturated rings. The molecule has 1 aromatic carbocycles. The van der Waals surface area contributed by atoms with Crippen molar-refractivity contribution in [1.29, 1.82) is 0 Å². The van der Waals surface area contributed by atoms with Crippen molar-refractivity contribution >= 4 is 35.2 Å². The summed E-state index contributed by atoms with van der Waals surface area (Å²) in [7, 11) is 0. The zero-order valence-electron chi connectivity index (χ0n) is 15.9.